The summed E-state index contributed by atoms with van der Waals surface area (Å²) in [5.74, 6) is 0.0879. The van der Waals surface area contributed by atoms with Gasteiger partial charge >= 0.3 is 0 Å². The van der Waals surface area contributed by atoms with Crippen LogP contribution in [0.25, 0.3) is 0 Å². The van der Waals surface area contributed by atoms with Gasteiger partial charge in [0.1, 0.15) is 0 Å². The van der Waals surface area contributed by atoms with Crippen LogP contribution in [0.3, 0.4) is 0 Å². The molecule has 1 aliphatic rings. The maximum Gasteiger partial charge on any atom is 0.224 e. The van der Waals surface area contributed by atoms with Crippen molar-refractivity contribution in [3.05, 3.63) is 17.0 Å². The smallest absolute Gasteiger partial charge is 0.224 e. The lowest BCUT2D eigenvalue weighted by atomic mass is 10.1. The molecule has 0 saturated carbocycles. The van der Waals surface area contributed by atoms with E-state index in [4.69, 9.17) is 0 Å². The fraction of sp³-hybridized carbons (Fsp3) is 0.667. The molecule has 0 spiro atoms. The van der Waals surface area contributed by atoms with E-state index in [0.29, 0.717) is 19.4 Å². The normalized spacial score (nSPS) is 14.5. The summed E-state index contributed by atoms with van der Waals surface area (Å²) in [6.07, 6.45) is 2.90. The molecular formula is C15H24N4O2. The molecule has 116 valence electrons. The number of hydrogen-bond donors (Lipinski definition) is 1. The Morgan fingerprint density at radius 2 is 1.90 bits per heavy atom. The molecule has 1 aromatic heterocycles. The minimum Gasteiger partial charge on any atom is -0.355 e. The summed E-state index contributed by atoms with van der Waals surface area (Å²) >= 11 is 0. The molecule has 0 aliphatic carbocycles. The highest BCUT2D eigenvalue weighted by Crippen LogP contribution is 2.12. The Labute approximate surface area is 125 Å². The molecule has 0 bridgehead atoms. The number of nitrogens with zero attached hydrogens (tertiary/aromatic N) is 3. The Kier molecular flexibility index (Phi) is 4.98. The predicted octanol–water partition coefficient (Wildman–Crippen LogP) is 0.708. The van der Waals surface area contributed by atoms with E-state index in [0.717, 1.165) is 42.9 Å². The molecule has 0 radical (unpaired) electrons. The summed E-state index contributed by atoms with van der Waals surface area (Å²) in [7, 11) is 1.87. The van der Waals surface area contributed by atoms with Crippen LogP contribution in [0.15, 0.2) is 0 Å². The van der Waals surface area contributed by atoms with Gasteiger partial charge in [-0.2, -0.15) is 5.10 Å². The van der Waals surface area contributed by atoms with Crippen LogP contribution < -0.4 is 5.32 Å². The van der Waals surface area contributed by atoms with Crippen molar-refractivity contribution in [1.29, 1.82) is 0 Å². The monoisotopic (exact) mass is 292 g/mol. The standard InChI is InChI=1S/C15H24N4O2/c1-11-13(12(2)18(3)17-11)10-14(20)16-7-6-15(21)19-8-4-5-9-19/h4-10H2,1-3H3,(H,16,20). The number of amides is 2. The molecule has 0 unspecified atom stereocenters. The van der Waals surface area contributed by atoms with Gasteiger partial charge in [0.25, 0.3) is 0 Å². The third kappa shape index (κ3) is 3.83. The minimum absolute atomic E-state index is 0.0524. The van der Waals surface area contributed by atoms with Crippen molar-refractivity contribution in [2.75, 3.05) is 19.6 Å². The summed E-state index contributed by atoms with van der Waals surface area (Å²) in [6.45, 7) is 6.00. The lowest BCUT2D eigenvalue weighted by Crippen LogP contribution is -2.33. The van der Waals surface area contributed by atoms with Crippen molar-refractivity contribution < 1.29 is 9.59 Å². The number of likely N-dealkylation sites (tertiary alicyclic amines) is 1. The van der Waals surface area contributed by atoms with Crippen LogP contribution in [-0.2, 0) is 23.1 Å². The number of hydrogen-bond acceptors (Lipinski definition) is 3. The van der Waals surface area contributed by atoms with Gasteiger partial charge in [-0.15, -0.1) is 0 Å². The summed E-state index contributed by atoms with van der Waals surface area (Å²) in [4.78, 5) is 25.7. The van der Waals surface area contributed by atoms with Crippen LogP contribution in [0.4, 0.5) is 0 Å². The van der Waals surface area contributed by atoms with E-state index in [1.54, 1.807) is 4.68 Å². The van der Waals surface area contributed by atoms with Crippen LogP contribution in [0.2, 0.25) is 0 Å². The Balaban J connectivity index is 1.76. The maximum atomic E-state index is 12.0. The second kappa shape index (κ2) is 6.74. The number of aryl methyl sites for hydroxylation is 2. The van der Waals surface area contributed by atoms with Crippen molar-refractivity contribution in [2.45, 2.75) is 39.5 Å². The molecular weight excluding hydrogens is 268 g/mol. The Hall–Kier alpha value is -1.85. The van der Waals surface area contributed by atoms with Crippen molar-refractivity contribution in [2.24, 2.45) is 7.05 Å². The lowest BCUT2D eigenvalue weighted by molar-refractivity contribution is -0.130. The number of aromatic nitrogens is 2. The zero-order valence-electron chi connectivity index (χ0n) is 13.1. The van der Waals surface area contributed by atoms with Crippen molar-refractivity contribution >= 4 is 11.8 Å². The third-order valence-corrected chi connectivity index (χ3v) is 4.12. The largest absolute Gasteiger partial charge is 0.355 e. The summed E-state index contributed by atoms with van der Waals surface area (Å²) in [6, 6.07) is 0. The molecule has 6 nitrogen and oxygen atoms in total. The van der Waals surface area contributed by atoms with Crippen LogP contribution in [0.5, 0.6) is 0 Å². The first-order valence-electron chi connectivity index (χ1n) is 7.52. The van der Waals surface area contributed by atoms with Crippen LogP contribution in [0.1, 0.15) is 36.2 Å². The van der Waals surface area contributed by atoms with Crippen molar-refractivity contribution in [3.63, 3.8) is 0 Å². The number of carbonyl (C=O) groups excluding carboxylic acids is 2. The van der Waals surface area contributed by atoms with Gasteiger partial charge in [-0.05, 0) is 26.7 Å². The molecule has 0 atom stereocenters. The molecule has 2 heterocycles. The van der Waals surface area contributed by atoms with Gasteiger partial charge in [0.05, 0.1) is 12.1 Å². The molecule has 1 aromatic rings. The molecule has 0 aromatic carbocycles. The first-order chi connectivity index (χ1) is 9.99. The summed E-state index contributed by atoms with van der Waals surface area (Å²) < 4.78 is 1.79. The average molecular weight is 292 g/mol. The number of carbonyl (C=O) groups is 2. The zero-order valence-corrected chi connectivity index (χ0v) is 13.1. The topological polar surface area (TPSA) is 67.2 Å². The van der Waals surface area contributed by atoms with Gasteiger partial charge in [-0.25, -0.2) is 0 Å². The zero-order chi connectivity index (χ0) is 15.4. The summed E-state index contributed by atoms with van der Waals surface area (Å²) in [5, 5.41) is 7.13. The predicted molar refractivity (Wildman–Crippen MR) is 79.8 cm³/mol. The van der Waals surface area contributed by atoms with E-state index in [-0.39, 0.29) is 11.8 Å². The molecule has 1 N–H and O–H groups in total. The second-order valence-electron chi connectivity index (χ2n) is 5.64. The quantitative estimate of drug-likeness (QED) is 0.869. The molecule has 1 aliphatic heterocycles. The maximum absolute atomic E-state index is 12.0. The molecule has 1 fully saturated rings. The van der Waals surface area contributed by atoms with Gasteiger partial charge in [0, 0.05) is 44.4 Å². The van der Waals surface area contributed by atoms with Gasteiger partial charge in [0.15, 0.2) is 0 Å². The first-order valence-corrected chi connectivity index (χ1v) is 7.52. The Morgan fingerprint density at radius 1 is 1.24 bits per heavy atom. The van der Waals surface area contributed by atoms with Gasteiger partial charge in [-0.1, -0.05) is 0 Å². The van der Waals surface area contributed by atoms with Gasteiger partial charge in [0.2, 0.25) is 11.8 Å². The third-order valence-electron chi connectivity index (χ3n) is 4.12. The van der Waals surface area contributed by atoms with Crippen molar-refractivity contribution in [3.8, 4) is 0 Å². The molecule has 2 amide bonds. The lowest BCUT2D eigenvalue weighted by Gasteiger charge is -2.15. The van der Waals surface area contributed by atoms with Crippen LogP contribution in [0, 0.1) is 13.8 Å². The summed E-state index contributed by atoms with van der Waals surface area (Å²) in [5.41, 5.74) is 2.87. The Bertz CT molecular complexity index is 530. The second-order valence-corrected chi connectivity index (χ2v) is 5.64. The molecule has 21 heavy (non-hydrogen) atoms. The fourth-order valence-corrected chi connectivity index (χ4v) is 2.73. The molecule has 6 heteroatoms. The van der Waals surface area contributed by atoms with E-state index >= 15 is 0 Å². The highest BCUT2D eigenvalue weighted by Gasteiger charge is 2.18. The van der Waals surface area contributed by atoms with Crippen LogP contribution in [-0.4, -0.2) is 46.1 Å². The first kappa shape index (κ1) is 15.5. The van der Waals surface area contributed by atoms with E-state index < -0.39 is 0 Å². The SMILES string of the molecule is Cc1nn(C)c(C)c1CC(=O)NCCC(=O)N1CCCC1. The van der Waals surface area contributed by atoms with E-state index in [2.05, 4.69) is 10.4 Å². The molecule has 2 rings (SSSR count). The molecule has 1 saturated heterocycles. The van der Waals surface area contributed by atoms with Gasteiger partial charge < -0.3 is 10.2 Å². The minimum atomic E-state index is -0.0524. The number of nitrogens with one attached hydrogen (secondary N) is 1. The average Bonchev–Trinajstić information content (AvgIpc) is 3.04. The van der Waals surface area contributed by atoms with E-state index in [1.165, 1.54) is 0 Å². The van der Waals surface area contributed by atoms with E-state index in [9.17, 15) is 9.59 Å². The van der Waals surface area contributed by atoms with E-state index in [1.807, 2.05) is 25.8 Å². The highest BCUT2D eigenvalue weighted by molar-refractivity contribution is 5.80. The van der Waals surface area contributed by atoms with Crippen molar-refractivity contribution in [1.82, 2.24) is 20.0 Å². The fourth-order valence-electron chi connectivity index (χ4n) is 2.73. The van der Waals surface area contributed by atoms with Gasteiger partial charge in [-0.3, -0.25) is 14.3 Å². The highest BCUT2D eigenvalue weighted by atomic mass is 16.2. The van der Waals surface area contributed by atoms with Crippen LogP contribution >= 0.6 is 0 Å². The number of rotatable bonds is 5. The Morgan fingerprint density at radius 3 is 2.48 bits per heavy atom.